The number of imidazole rings is 1. The summed E-state index contributed by atoms with van der Waals surface area (Å²) in [6.45, 7) is 0. The number of fused-ring (bicyclic) bond motifs is 1. The standard InChI is InChI=1S/C18H13F3N6O/c1-26-8-12(5-6-13(26)28)27-16(25-14-15(22)23-9-24-17(14)27)10-3-2-4-11(7-10)18(19,20)21/h2-9H,1H3,(H2,22,23,24). The lowest BCUT2D eigenvalue weighted by Crippen LogP contribution is -2.15. The molecule has 0 saturated heterocycles. The Morgan fingerprint density at radius 1 is 1.11 bits per heavy atom. The number of hydrogen-bond donors (Lipinski definition) is 1. The summed E-state index contributed by atoms with van der Waals surface area (Å²) in [4.78, 5) is 24.2. The fourth-order valence-corrected chi connectivity index (χ4v) is 2.89. The second-order valence-corrected chi connectivity index (χ2v) is 6.12. The number of rotatable bonds is 2. The SMILES string of the molecule is Cn1cc(-n2c(-c3cccc(C(F)(F)F)c3)nc3c(N)ncnc32)ccc1=O. The summed E-state index contributed by atoms with van der Waals surface area (Å²) in [6.07, 6.45) is -1.71. The molecule has 7 nitrogen and oxygen atoms in total. The summed E-state index contributed by atoms with van der Waals surface area (Å²) < 4.78 is 42.4. The first-order chi connectivity index (χ1) is 13.3. The van der Waals surface area contributed by atoms with Crippen molar-refractivity contribution in [3.05, 3.63) is 64.8 Å². The van der Waals surface area contributed by atoms with E-state index < -0.39 is 11.7 Å². The zero-order valence-corrected chi connectivity index (χ0v) is 14.5. The number of benzene rings is 1. The highest BCUT2D eigenvalue weighted by Crippen LogP contribution is 2.34. The quantitative estimate of drug-likeness (QED) is 0.572. The number of halogens is 3. The summed E-state index contributed by atoms with van der Waals surface area (Å²) >= 11 is 0. The van der Waals surface area contributed by atoms with Crippen LogP contribution in [0.5, 0.6) is 0 Å². The molecule has 0 fully saturated rings. The zero-order valence-electron chi connectivity index (χ0n) is 14.5. The molecule has 0 spiro atoms. The number of nitrogens with two attached hydrogens (primary N) is 1. The molecule has 0 aliphatic carbocycles. The van der Waals surface area contributed by atoms with Gasteiger partial charge in [-0.3, -0.25) is 9.36 Å². The molecular formula is C18H13F3N6O. The van der Waals surface area contributed by atoms with E-state index in [4.69, 9.17) is 5.73 Å². The smallest absolute Gasteiger partial charge is 0.382 e. The van der Waals surface area contributed by atoms with Crippen molar-refractivity contribution in [2.45, 2.75) is 6.18 Å². The number of nitrogen functional groups attached to an aromatic ring is 1. The van der Waals surface area contributed by atoms with E-state index >= 15 is 0 Å². The van der Waals surface area contributed by atoms with Gasteiger partial charge in [0.2, 0.25) is 5.56 Å². The van der Waals surface area contributed by atoms with Gasteiger partial charge >= 0.3 is 6.18 Å². The second-order valence-electron chi connectivity index (χ2n) is 6.12. The first-order valence-corrected chi connectivity index (χ1v) is 8.09. The molecule has 0 aliphatic heterocycles. The van der Waals surface area contributed by atoms with Crippen LogP contribution < -0.4 is 11.3 Å². The number of nitrogens with zero attached hydrogens (tertiary/aromatic N) is 5. The lowest BCUT2D eigenvalue weighted by Gasteiger charge is -2.12. The second kappa shape index (κ2) is 6.19. The van der Waals surface area contributed by atoms with Crippen molar-refractivity contribution >= 4 is 17.0 Å². The van der Waals surface area contributed by atoms with Crippen molar-refractivity contribution in [3.8, 4) is 17.1 Å². The zero-order chi connectivity index (χ0) is 20.1. The van der Waals surface area contributed by atoms with E-state index in [9.17, 15) is 18.0 Å². The third kappa shape index (κ3) is 2.88. The molecule has 0 unspecified atom stereocenters. The Balaban J connectivity index is 2.05. The summed E-state index contributed by atoms with van der Waals surface area (Å²) in [6, 6.07) is 7.69. The van der Waals surface area contributed by atoms with Crippen molar-refractivity contribution in [2.24, 2.45) is 7.05 Å². The molecule has 0 radical (unpaired) electrons. The van der Waals surface area contributed by atoms with Gasteiger partial charge in [-0.25, -0.2) is 15.0 Å². The molecule has 10 heteroatoms. The Morgan fingerprint density at radius 2 is 1.89 bits per heavy atom. The van der Waals surface area contributed by atoms with Crippen molar-refractivity contribution < 1.29 is 13.2 Å². The molecule has 1 aromatic carbocycles. The Morgan fingerprint density at radius 3 is 2.61 bits per heavy atom. The fourth-order valence-electron chi connectivity index (χ4n) is 2.89. The molecule has 0 bridgehead atoms. The van der Waals surface area contributed by atoms with E-state index in [0.29, 0.717) is 11.3 Å². The van der Waals surface area contributed by atoms with Gasteiger partial charge in [-0.2, -0.15) is 13.2 Å². The molecule has 0 aliphatic rings. The molecule has 0 saturated carbocycles. The van der Waals surface area contributed by atoms with Crippen molar-refractivity contribution in [3.63, 3.8) is 0 Å². The van der Waals surface area contributed by atoms with Gasteiger partial charge in [0.25, 0.3) is 0 Å². The number of aryl methyl sites for hydroxylation is 1. The minimum absolute atomic E-state index is 0.0989. The number of aromatic nitrogens is 5. The third-order valence-corrected chi connectivity index (χ3v) is 4.25. The lowest BCUT2D eigenvalue weighted by molar-refractivity contribution is -0.137. The van der Waals surface area contributed by atoms with E-state index in [1.54, 1.807) is 23.9 Å². The molecule has 4 aromatic rings. The van der Waals surface area contributed by atoms with Gasteiger partial charge in [0, 0.05) is 24.9 Å². The van der Waals surface area contributed by atoms with E-state index in [-0.39, 0.29) is 28.3 Å². The Bertz CT molecular complexity index is 1260. The minimum Gasteiger partial charge on any atom is -0.382 e. The van der Waals surface area contributed by atoms with Gasteiger partial charge in [-0.1, -0.05) is 12.1 Å². The normalized spacial score (nSPS) is 11.9. The predicted octanol–water partition coefficient (Wildman–Crippen LogP) is 2.78. The van der Waals surface area contributed by atoms with Gasteiger partial charge in [0.15, 0.2) is 17.0 Å². The van der Waals surface area contributed by atoms with Crippen LogP contribution in [0, 0.1) is 0 Å². The first kappa shape index (κ1) is 17.7. The molecule has 2 N–H and O–H groups in total. The Labute approximate surface area is 155 Å². The van der Waals surface area contributed by atoms with Crippen molar-refractivity contribution in [2.75, 3.05) is 5.73 Å². The summed E-state index contributed by atoms with van der Waals surface area (Å²) in [5, 5.41) is 0. The maximum absolute atomic E-state index is 13.2. The average molecular weight is 386 g/mol. The maximum atomic E-state index is 13.2. The van der Waals surface area contributed by atoms with E-state index in [0.717, 1.165) is 12.1 Å². The predicted molar refractivity (Wildman–Crippen MR) is 96.8 cm³/mol. The third-order valence-electron chi connectivity index (χ3n) is 4.25. The highest BCUT2D eigenvalue weighted by atomic mass is 19.4. The molecule has 142 valence electrons. The van der Waals surface area contributed by atoms with Gasteiger partial charge in [-0.05, 0) is 18.2 Å². The topological polar surface area (TPSA) is 91.6 Å². The molecule has 4 rings (SSSR count). The molecular weight excluding hydrogens is 373 g/mol. The Hall–Kier alpha value is -3.69. The fraction of sp³-hybridized carbons (Fsp3) is 0.111. The first-order valence-electron chi connectivity index (χ1n) is 8.09. The van der Waals surface area contributed by atoms with Gasteiger partial charge in [0.05, 0.1) is 11.3 Å². The van der Waals surface area contributed by atoms with Crippen LogP contribution in [0.2, 0.25) is 0 Å². The number of anilines is 1. The maximum Gasteiger partial charge on any atom is 0.416 e. The molecule has 3 aromatic heterocycles. The summed E-state index contributed by atoms with van der Waals surface area (Å²) in [5.74, 6) is 0.300. The highest BCUT2D eigenvalue weighted by molar-refractivity contribution is 5.87. The van der Waals surface area contributed by atoms with Crippen LogP contribution in [0.3, 0.4) is 0 Å². The van der Waals surface area contributed by atoms with Crippen LogP contribution in [0.25, 0.3) is 28.2 Å². The lowest BCUT2D eigenvalue weighted by atomic mass is 10.1. The highest BCUT2D eigenvalue weighted by Gasteiger charge is 2.31. The van der Waals surface area contributed by atoms with Crippen molar-refractivity contribution in [1.82, 2.24) is 24.1 Å². The average Bonchev–Trinajstić information content (AvgIpc) is 3.04. The van der Waals surface area contributed by atoms with Crippen LogP contribution in [0.1, 0.15) is 5.56 Å². The molecule has 0 atom stereocenters. The van der Waals surface area contributed by atoms with E-state index in [1.165, 1.54) is 29.1 Å². The van der Waals surface area contributed by atoms with Crippen LogP contribution in [0.15, 0.2) is 53.7 Å². The minimum atomic E-state index is -4.50. The number of pyridine rings is 1. The van der Waals surface area contributed by atoms with Crippen LogP contribution in [0.4, 0.5) is 19.0 Å². The Kier molecular flexibility index (Phi) is 3.91. The van der Waals surface area contributed by atoms with Crippen LogP contribution >= 0.6 is 0 Å². The number of hydrogen-bond acceptors (Lipinski definition) is 5. The largest absolute Gasteiger partial charge is 0.416 e. The van der Waals surface area contributed by atoms with Gasteiger partial charge in [0.1, 0.15) is 12.2 Å². The van der Waals surface area contributed by atoms with Crippen LogP contribution in [-0.4, -0.2) is 24.1 Å². The van der Waals surface area contributed by atoms with E-state index in [2.05, 4.69) is 15.0 Å². The molecule has 28 heavy (non-hydrogen) atoms. The van der Waals surface area contributed by atoms with E-state index in [1.807, 2.05) is 0 Å². The van der Waals surface area contributed by atoms with Gasteiger partial charge in [-0.15, -0.1) is 0 Å². The van der Waals surface area contributed by atoms with Crippen molar-refractivity contribution in [1.29, 1.82) is 0 Å². The van der Waals surface area contributed by atoms with Crippen LogP contribution in [-0.2, 0) is 13.2 Å². The number of alkyl halides is 3. The monoisotopic (exact) mass is 386 g/mol. The summed E-state index contributed by atoms with van der Waals surface area (Å²) in [5.41, 5.74) is 6.14. The summed E-state index contributed by atoms with van der Waals surface area (Å²) in [7, 11) is 1.57. The molecule has 0 amide bonds. The molecule has 3 heterocycles. The van der Waals surface area contributed by atoms with Gasteiger partial charge < -0.3 is 10.3 Å².